The molecule has 1 aromatic carbocycles. The number of aliphatic hydroxyl groups is 1. The standard InChI is InChI=1S/C13H16N2O4/c1-8(16)12(17)14(2)7-9-4-5-11-10(6-9)15(3)13(18)19-11/h4-6,8,16H,7H2,1-3H3. The van der Waals surface area contributed by atoms with Crippen molar-refractivity contribution in [3.8, 4) is 0 Å². The Morgan fingerprint density at radius 2 is 2.21 bits per heavy atom. The Bertz CT molecular complexity index is 669. The summed E-state index contributed by atoms with van der Waals surface area (Å²) in [5.41, 5.74) is 2.06. The van der Waals surface area contributed by atoms with E-state index in [1.807, 2.05) is 0 Å². The minimum atomic E-state index is -1.02. The van der Waals surface area contributed by atoms with E-state index >= 15 is 0 Å². The van der Waals surface area contributed by atoms with E-state index < -0.39 is 11.9 Å². The minimum absolute atomic E-state index is 0.346. The van der Waals surface area contributed by atoms with Gasteiger partial charge in [-0.2, -0.15) is 0 Å². The van der Waals surface area contributed by atoms with Crippen LogP contribution in [0.15, 0.2) is 27.4 Å². The summed E-state index contributed by atoms with van der Waals surface area (Å²) in [5, 5.41) is 9.24. The highest BCUT2D eigenvalue weighted by molar-refractivity contribution is 5.80. The molecule has 1 unspecified atom stereocenters. The van der Waals surface area contributed by atoms with Crippen LogP contribution in [0.25, 0.3) is 11.1 Å². The lowest BCUT2D eigenvalue weighted by molar-refractivity contribution is -0.138. The summed E-state index contributed by atoms with van der Waals surface area (Å²) < 4.78 is 6.44. The topological polar surface area (TPSA) is 75.7 Å². The van der Waals surface area contributed by atoms with Crippen molar-refractivity contribution < 1.29 is 14.3 Å². The number of carbonyl (C=O) groups is 1. The number of hydrogen-bond acceptors (Lipinski definition) is 4. The number of aliphatic hydroxyl groups excluding tert-OH is 1. The highest BCUT2D eigenvalue weighted by atomic mass is 16.4. The molecule has 2 rings (SSSR count). The van der Waals surface area contributed by atoms with Crippen LogP contribution in [0.2, 0.25) is 0 Å². The molecular weight excluding hydrogens is 248 g/mol. The maximum Gasteiger partial charge on any atom is 0.419 e. The molecule has 0 spiro atoms. The van der Waals surface area contributed by atoms with Crippen LogP contribution < -0.4 is 5.76 Å². The van der Waals surface area contributed by atoms with Crippen LogP contribution in [-0.2, 0) is 18.4 Å². The van der Waals surface area contributed by atoms with Gasteiger partial charge in [-0.25, -0.2) is 4.79 Å². The van der Waals surface area contributed by atoms with E-state index in [9.17, 15) is 14.7 Å². The largest absolute Gasteiger partial charge is 0.419 e. The van der Waals surface area contributed by atoms with Gasteiger partial charge in [0.15, 0.2) is 5.58 Å². The number of nitrogens with zero attached hydrogens (tertiary/aromatic N) is 2. The van der Waals surface area contributed by atoms with E-state index in [0.717, 1.165) is 5.56 Å². The summed E-state index contributed by atoms with van der Waals surface area (Å²) in [5.74, 6) is -0.762. The second-order valence-corrected chi connectivity index (χ2v) is 4.60. The molecule has 2 aromatic rings. The van der Waals surface area contributed by atoms with Gasteiger partial charge < -0.3 is 14.4 Å². The average Bonchev–Trinajstić information content (AvgIpc) is 2.64. The first-order valence-electron chi connectivity index (χ1n) is 5.91. The molecule has 1 aromatic heterocycles. The Morgan fingerprint density at radius 1 is 1.53 bits per heavy atom. The molecule has 0 saturated heterocycles. The predicted molar refractivity (Wildman–Crippen MR) is 69.6 cm³/mol. The smallest absolute Gasteiger partial charge is 0.408 e. The number of aromatic nitrogens is 1. The fourth-order valence-corrected chi connectivity index (χ4v) is 1.94. The van der Waals surface area contributed by atoms with E-state index in [2.05, 4.69) is 0 Å². The predicted octanol–water partition coefficient (Wildman–Crippen LogP) is 0.471. The Balaban J connectivity index is 2.29. The van der Waals surface area contributed by atoms with E-state index in [1.165, 1.54) is 16.4 Å². The van der Waals surface area contributed by atoms with Gasteiger partial charge in [-0.15, -0.1) is 0 Å². The number of likely N-dealkylation sites (N-methyl/N-ethyl adjacent to an activating group) is 1. The summed E-state index contributed by atoms with van der Waals surface area (Å²) in [6.45, 7) is 1.79. The molecule has 1 amide bonds. The van der Waals surface area contributed by atoms with Gasteiger partial charge in [-0.05, 0) is 24.6 Å². The fraction of sp³-hybridized carbons (Fsp3) is 0.385. The molecule has 0 radical (unpaired) electrons. The molecule has 6 heteroatoms. The highest BCUT2D eigenvalue weighted by Gasteiger charge is 2.15. The van der Waals surface area contributed by atoms with Gasteiger partial charge in [0, 0.05) is 20.6 Å². The van der Waals surface area contributed by atoms with Crippen molar-refractivity contribution in [1.82, 2.24) is 9.47 Å². The number of amides is 1. The van der Waals surface area contributed by atoms with Gasteiger partial charge >= 0.3 is 5.76 Å². The zero-order chi connectivity index (χ0) is 14.2. The summed E-state index contributed by atoms with van der Waals surface area (Å²) in [4.78, 5) is 24.4. The molecule has 1 atom stereocenters. The molecule has 1 N–H and O–H groups in total. The lowest BCUT2D eigenvalue weighted by Crippen LogP contribution is -2.34. The summed E-state index contributed by atoms with van der Waals surface area (Å²) in [6, 6.07) is 5.29. The van der Waals surface area contributed by atoms with Crippen LogP contribution in [0.3, 0.4) is 0 Å². The van der Waals surface area contributed by atoms with E-state index in [-0.39, 0.29) is 5.91 Å². The Morgan fingerprint density at radius 3 is 2.84 bits per heavy atom. The normalized spacial score (nSPS) is 12.6. The monoisotopic (exact) mass is 264 g/mol. The quantitative estimate of drug-likeness (QED) is 0.874. The van der Waals surface area contributed by atoms with Gasteiger partial charge in [0.2, 0.25) is 0 Å². The van der Waals surface area contributed by atoms with Crippen molar-refractivity contribution in [2.24, 2.45) is 7.05 Å². The third kappa shape index (κ3) is 2.53. The first-order chi connectivity index (χ1) is 8.90. The van der Waals surface area contributed by atoms with Crippen LogP contribution in [0.4, 0.5) is 0 Å². The van der Waals surface area contributed by atoms with E-state index in [0.29, 0.717) is 17.6 Å². The number of oxazole rings is 1. The first-order valence-corrected chi connectivity index (χ1v) is 5.91. The summed E-state index contributed by atoms with van der Waals surface area (Å²) >= 11 is 0. The molecular formula is C13H16N2O4. The highest BCUT2D eigenvalue weighted by Crippen LogP contribution is 2.15. The van der Waals surface area contributed by atoms with Crippen molar-refractivity contribution in [3.63, 3.8) is 0 Å². The molecule has 0 bridgehead atoms. The van der Waals surface area contributed by atoms with Crippen molar-refractivity contribution in [2.45, 2.75) is 19.6 Å². The molecule has 0 aliphatic heterocycles. The average molecular weight is 264 g/mol. The van der Waals surface area contributed by atoms with Gasteiger partial charge in [0.05, 0.1) is 5.52 Å². The zero-order valence-corrected chi connectivity index (χ0v) is 11.1. The number of aryl methyl sites for hydroxylation is 1. The number of rotatable bonds is 3. The minimum Gasteiger partial charge on any atom is -0.408 e. The van der Waals surface area contributed by atoms with Crippen molar-refractivity contribution in [1.29, 1.82) is 0 Å². The Kier molecular flexibility index (Phi) is 3.44. The van der Waals surface area contributed by atoms with Crippen molar-refractivity contribution >= 4 is 17.0 Å². The Labute approximate surface area is 109 Å². The molecule has 0 saturated carbocycles. The maximum atomic E-state index is 11.6. The van der Waals surface area contributed by atoms with Crippen LogP contribution in [-0.4, -0.2) is 33.6 Å². The lowest BCUT2D eigenvalue weighted by atomic mass is 10.2. The third-order valence-corrected chi connectivity index (χ3v) is 3.01. The van der Waals surface area contributed by atoms with Gasteiger partial charge in [-0.3, -0.25) is 9.36 Å². The molecule has 6 nitrogen and oxygen atoms in total. The van der Waals surface area contributed by atoms with E-state index in [1.54, 1.807) is 32.3 Å². The lowest BCUT2D eigenvalue weighted by Gasteiger charge is -2.18. The van der Waals surface area contributed by atoms with Crippen LogP contribution in [0, 0.1) is 0 Å². The number of fused-ring (bicyclic) bond motifs is 1. The summed E-state index contributed by atoms with van der Waals surface area (Å²) in [6.07, 6.45) is -1.02. The van der Waals surface area contributed by atoms with Gasteiger partial charge in [-0.1, -0.05) is 6.07 Å². The zero-order valence-electron chi connectivity index (χ0n) is 11.1. The third-order valence-electron chi connectivity index (χ3n) is 3.01. The Hall–Kier alpha value is -2.08. The number of carbonyl (C=O) groups excluding carboxylic acids is 1. The second kappa shape index (κ2) is 4.89. The number of hydrogen-bond donors (Lipinski definition) is 1. The van der Waals surface area contributed by atoms with E-state index in [4.69, 9.17) is 4.42 Å². The van der Waals surface area contributed by atoms with Crippen LogP contribution >= 0.6 is 0 Å². The molecule has 19 heavy (non-hydrogen) atoms. The molecule has 0 aliphatic carbocycles. The second-order valence-electron chi connectivity index (χ2n) is 4.60. The molecule has 0 fully saturated rings. The fourth-order valence-electron chi connectivity index (χ4n) is 1.94. The number of benzene rings is 1. The van der Waals surface area contributed by atoms with Crippen molar-refractivity contribution in [3.05, 3.63) is 34.3 Å². The molecule has 1 heterocycles. The first kappa shape index (κ1) is 13.4. The molecule has 0 aliphatic rings. The maximum absolute atomic E-state index is 11.6. The molecule has 102 valence electrons. The SMILES string of the molecule is CC(O)C(=O)N(C)Cc1ccc2oc(=O)n(C)c2c1. The van der Waals surface area contributed by atoms with Crippen LogP contribution in [0.5, 0.6) is 0 Å². The van der Waals surface area contributed by atoms with Gasteiger partial charge in [0.25, 0.3) is 5.91 Å². The van der Waals surface area contributed by atoms with Gasteiger partial charge in [0.1, 0.15) is 6.10 Å². The van der Waals surface area contributed by atoms with Crippen molar-refractivity contribution in [2.75, 3.05) is 7.05 Å². The summed E-state index contributed by atoms with van der Waals surface area (Å²) in [7, 11) is 3.25. The van der Waals surface area contributed by atoms with Crippen LogP contribution in [0.1, 0.15) is 12.5 Å².